The van der Waals surface area contributed by atoms with Gasteiger partial charge in [0.2, 0.25) is 10.0 Å². The second kappa shape index (κ2) is 7.91. The number of nitro groups is 1. The van der Waals surface area contributed by atoms with Gasteiger partial charge in [0.25, 0.3) is 5.69 Å². The number of nitrogens with zero attached hydrogens (tertiary/aromatic N) is 1. The van der Waals surface area contributed by atoms with Gasteiger partial charge in [0.1, 0.15) is 5.69 Å². The Balaban J connectivity index is 2.97. The van der Waals surface area contributed by atoms with Crippen LogP contribution in [-0.2, 0) is 14.8 Å². The van der Waals surface area contributed by atoms with Crippen molar-refractivity contribution in [2.75, 3.05) is 32.1 Å². The molecule has 0 amide bonds. The Hall–Kier alpha value is -1.71. The first kappa shape index (κ1) is 17.3. The lowest BCUT2D eigenvalue weighted by molar-refractivity contribution is -0.384. The van der Waals surface area contributed by atoms with Crippen molar-refractivity contribution >= 4 is 21.4 Å². The molecule has 8 nitrogen and oxygen atoms in total. The first-order valence-electron chi connectivity index (χ1n) is 6.43. The summed E-state index contributed by atoms with van der Waals surface area (Å²) in [6.07, 6.45) is 0.521. The highest BCUT2D eigenvalue weighted by atomic mass is 32.2. The van der Waals surface area contributed by atoms with Gasteiger partial charge in [-0.15, -0.1) is 0 Å². The Morgan fingerprint density at radius 1 is 1.38 bits per heavy atom. The highest BCUT2D eigenvalue weighted by Crippen LogP contribution is 2.27. The first-order chi connectivity index (χ1) is 9.92. The quantitative estimate of drug-likeness (QED) is 0.404. The molecule has 0 aliphatic rings. The Bertz CT molecular complexity index is 589. The van der Waals surface area contributed by atoms with Gasteiger partial charge in [-0.3, -0.25) is 10.1 Å². The molecule has 0 spiro atoms. The van der Waals surface area contributed by atoms with Crippen molar-refractivity contribution < 1.29 is 18.1 Å². The molecular weight excluding hydrogens is 298 g/mol. The number of hydrogen-bond donors (Lipinski definition) is 2. The van der Waals surface area contributed by atoms with Crippen LogP contribution in [0.1, 0.15) is 13.3 Å². The van der Waals surface area contributed by atoms with E-state index >= 15 is 0 Å². The van der Waals surface area contributed by atoms with Gasteiger partial charge < -0.3 is 10.1 Å². The molecule has 1 aromatic carbocycles. The zero-order valence-corrected chi connectivity index (χ0v) is 12.8. The molecule has 0 atom stereocenters. The van der Waals surface area contributed by atoms with Crippen molar-refractivity contribution in [3.63, 3.8) is 0 Å². The van der Waals surface area contributed by atoms with Crippen molar-refractivity contribution in [3.8, 4) is 0 Å². The van der Waals surface area contributed by atoms with Gasteiger partial charge in [-0.25, -0.2) is 13.1 Å². The van der Waals surface area contributed by atoms with Crippen LogP contribution in [0.4, 0.5) is 11.4 Å². The van der Waals surface area contributed by atoms with Gasteiger partial charge >= 0.3 is 0 Å². The summed E-state index contributed by atoms with van der Waals surface area (Å²) in [5, 5.41) is 13.8. The molecule has 0 bridgehead atoms. The molecule has 0 aliphatic carbocycles. The average molecular weight is 317 g/mol. The minimum Gasteiger partial charge on any atom is -0.385 e. The number of ether oxygens (including phenoxy) is 1. The molecule has 21 heavy (non-hydrogen) atoms. The van der Waals surface area contributed by atoms with Gasteiger partial charge in [0, 0.05) is 32.9 Å². The third kappa shape index (κ3) is 4.96. The molecule has 2 N–H and O–H groups in total. The van der Waals surface area contributed by atoms with Crippen molar-refractivity contribution in [3.05, 3.63) is 28.3 Å². The molecular formula is C12H19N3O5S. The number of nitro benzene ring substituents is 1. The number of anilines is 1. The molecule has 9 heteroatoms. The van der Waals surface area contributed by atoms with Crippen LogP contribution < -0.4 is 10.0 Å². The van der Waals surface area contributed by atoms with Crippen LogP contribution in [0.5, 0.6) is 0 Å². The fraction of sp³-hybridized carbons (Fsp3) is 0.500. The first-order valence-corrected chi connectivity index (χ1v) is 7.91. The zero-order valence-electron chi connectivity index (χ0n) is 12.0. The molecule has 0 heterocycles. The van der Waals surface area contributed by atoms with Crippen LogP contribution in [0.3, 0.4) is 0 Å². The van der Waals surface area contributed by atoms with Crippen molar-refractivity contribution in [2.45, 2.75) is 18.2 Å². The van der Waals surface area contributed by atoms with Crippen LogP contribution in [0.15, 0.2) is 23.1 Å². The Labute approximate surface area is 123 Å². The lowest BCUT2D eigenvalue weighted by Gasteiger charge is -2.09. The van der Waals surface area contributed by atoms with E-state index < -0.39 is 14.9 Å². The molecule has 1 aromatic rings. The third-order valence-corrected chi connectivity index (χ3v) is 4.12. The standard InChI is InChI=1S/C12H19N3O5S/c1-3-13-11-6-5-10(9-12(11)15(16)17)21(18,19)14-7-4-8-20-2/h5-6,9,13-14H,3-4,7-8H2,1-2H3. The average Bonchev–Trinajstić information content (AvgIpc) is 2.44. The number of benzene rings is 1. The van der Waals surface area contributed by atoms with Gasteiger partial charge in [0.05, 0.1) is 9.82 Å². The predicted octanol–water partition coefficient (Wildman–Crippen LogP) is 1.34. The molecule has 118 valence electrons. The van der Waals surface area contributed by atoms with Gasteiger partial charge in [0.15, 0.2) is 0 Å². The number of sulfonamides is 1. The van der Waals surface area contributed by atoms with Crippen molar-refractivity contribution in [2.24, 2.45) is 0 Å². The lowest BCUT2D eigenvalue weighted by atomic mass is 10.2. The van der Waals surface area contributed by atoms with Crippen LogP contribution in [0.25, 0.3) is 0 Å². The van der Waals surface area contributed by atoms with Gasteiger partial charge in [-0.05, 0) is 25.5 Å². The number of rotatable bonds is 9. The molecule has 0 unspecified atom stereocenters. The zero-order chi connectivity index (χ0) is 15.9. The summed E-state index contributed by atoms with van der Waals surface area (Å²) < 4.78 is 31.3. The summed E-state index contributed by atoms with van der Waals surface area (Å²) in [7, 11) is -2.24. The molecule has 0 radical (unpaired) electrons. The summed E-state index contributed by atoms with van der Waals surface area (Å²) in [6.45, 7) is 2.94. The van der Waals surface area contributed by atoms with E-state index in [2.05, 4.69) is 10.0 Å². The van der Waals surface area contributed by atoms with E-state index in [9.17, 15) is 18.5 Å². The third-order valence-electron chi connectivity index (χ3n) is 2.66. The summed E-state index contributed by atoms with van der Waals surface area (Å²) >= 11 is 0. The summed E-state index contributed by atoms with van der Waals surface area (Å²) in [6, 6.07) is 3.78. The molecule has 0 aliphatic heterocycles. The number of methoxy groups -OCH3 is 1. The maximum Gasteiger partial charge on any atom is 0.293 e. The second-order valence-electron chi connectivity index (χ2n) is 4.21. The van der Waals surface area contributed by atoms with Crippen LogP contribution >= 0.6 is 0 Å². The Morgan fingerprint density at radius 3 is 2.67 bits per heavy atom. The van der Waals surface area contributed by atoms with E-state index in [0.717, 1.165) is 6.07 Å². The largest absolute Gasteiger partial charge is 0.385 e. The van der Waals surface area contributed by atoms with Crippen LogP contribution in [-0.4, -0.2) is 40.1 Å². The smallest absolute Gasteiger partial charge is 0.293 e. The minimum atomic E-state index is -3.77. The Morgan fingerprint density at radius 2 is 2.10 bits per heavy atom. The second-order valence-corrected chi connectivity index (χ2v) is 5.98. The predicted molar refractivity (Wildman–Crippen MR) is 78.9 cm³/mol. The van der Waals surface area contributed by atoms with Crippen molar-refractivity contribution in [1.29, 1.82) is 0 Å². The fourth-order valence-corrected chi connectivity index (χ4v) is 2.77. The monoisotopic (exact) mass is 317 g/mol. The maximum absolute atomic E-state index is 12.0. The number of hydrogen-bond acceptors (Lipinski definition) is 6. The molecule has 0 saturated carbocycles. The highest BCUT2D eigenvalue weighted by Gasteiger charge is 2.20. The van der Waals surface area contributed by atoms with Crippen molar-refractivity contribution in [1.82, 2.24) is 4.72 Å². The van der Waals surface area contributed by atoms with Gasteiger partial charge in [-0.1, -0.05) is 0 Å². The van der Waals surface area contributed by atoms with E-state index in [1.165, 1.54) is 19.2 Å². The molecule has 0 saturated heterocycles. The molecule has 0 fully saturated rings. The topological polar surface area (TPSA) is 111 Å². The minimum absolute atomic E-state index is 0.131. The lowest BCUT2D eigenvalue weighted by Crippen LogP contribution is -2.25. The van der Waals surface area contributed by atoms with E-state index in [1.807, 2.05) is 0 Å². The maximum atomic E-state index is 12.0. The van der Waals surface area contributed by atoms with E-state index in [-0.39, 0.29) is 17.1 Å². The molecule has 1 rings (SSSR count). The van der Waals surface area contributed by atoms with Crippen LogP contribution in [0, 0.1) is 10.1 Å². The van der Waals surface area contributed by atoms with Crippen LogP contribution in [0.2, 0.25) is 0 Å². The Kier molecular flexibility index (Phi) is 6.53. The van der Waals surface area contributed by atoms with E-state index in [1.54, 1.807) is 6.92 Å². The normalized spacial score (nSPS) is 11.3. The van der Waals surface area contributed by atoms with E-state index in [0.29, 0.717) is 25.3 Å². The van der Waals surface area contributed by atoms with Gasteiger partial charge in [-0.2, -0.15) is 0 Å². The SMILES string of the molecule is CCNc1ccc(S(=O)(=O)NCCCOC)cc1[N+](=O)[O-]. The molecule has 0 aromatic heterocycles. The summed E-state index contributed by atoms with van der Waals surface area (Å²) in [5.74, 6) is 0. The summed E-state index contributed by atoms with van der Waals surface area (Å²) in [4.78, 5) is 10.3. The number of nitrogens with one attached hydrogen (secondary N) is 2. The van der Waals surface area contributed by atoms with E-state index in [4.69, 9.17) is 4.74 Å². The highest BCUT2D eigenvalue weighted by molar-refractivity contribution is 7.89. The fourth-order valence-electron chi connectivity index (χ4n) is 1.68. The summed E-state index contributed by atoms with van der Waals surface area (Å²) in [5.41, 5.74) is 0.0254.